The predicted molar refractivity (Wildman–Crippen MR) is 81.3 cm³/mol. The highest BCUT2D eigenvalue weighted by Crippen LogP contribution is 2.19. The molecular formula is C15H23ClN2O3. The number of furan rings is 1. The van der Waals surface area contributed by atoms with Crippen molar-refractivity contribution in [3.8, 4) is 0 Å². The summed E-state index contributed by atoms with van der Waals surface area (Å²) in [6.07, 6.45) is 0.772. The van der Waals surface area contributed by atoms with Gasteiger partial charge in [-0.2, -0.15) is 0 Å². The second kappa shape index (κ2) is 6.71. The fourth-order valence-electron chi connectivity index (χ4n) is 2.34. The molecule has 1 aromatic heterocycles. The van der Waals surface area contributed by atoms with Crippen LogP contribution in [0.1, 0.15) is 33.0 Å². The van der Waals surface area contributed by atoms with Crippen molar-refractivity contribution in [3.63, 3.8) is 0 Å². The molecule has 5 nitrogen and oxygen atoms in total. The van der Waals surface area contributed by atoms with Crippen molar-refractivity contribution in [1.29, 1.82) is 0 Å². The molecule has 2 rings (SSSR count). The smallest absolute Gasteiger partial charge is 0.410 e. The second-order valence-corrected chi connectivity index (χ2v) is 6.79. The largest absolute Gasteiger partial charge is 0.448 e. The summed E-state index contributed by atoms with van der Waals surface area (Å²) in [5.41, 5.74) is -0.439. The van der Waals surface area contributed by atoms with Crippen LogP contribution in [-0.4, -0.2) is 36.2 Å². The highest BCUT2D eigenvalue weighted by molar-refractivity contribution is 6.28. The molecule has 0 saturated carbocycles. The third-order valence-corrected chi connectivity index (χ3v) is 3.50. The Morgan fingerprint density at radius 2 is 2.29 bits per heavy atom. The Hall–Kier alpha value is -1.20. The van der Waals surface area contributed by atoms with Crippen molar-refractivity contribution >= 4 is 17.7 Å². The molecule has 0 bridgehead atoms. The van der Waals surface area contributed by atoms with Crippen LogP contribution in [0.2, 0.25) is 5.22 Å². The number of hydrogen-bond donors (Lipinski definition) is 1. The topological polar surface area (TPSA) is 54.7 Å². The van der Waals surface area contributed by atoms with Crippen LogP contribution in [0.4, 0.5) is 4.79 Å². The van der Waals surface area contributed by atoms with Crippen LogP contribution >= 0.6 is 11.6 Å². The molecule has 6 heteroatoms. The summed E-state index contributed by atoms with van der Waals surface area (Å²) in [5.74, 6) is 1.27. The zero-order chi connectivity index (χ0) is 15.5. The average Bonchev–Trinajstić information content (AvgIpc) is 2.97. The zero-order valence-corrected chi connectivity index (χ0v) is 13.6. The molecule has 21 heavy (non-hydrogen) atoms. The van der Waals surface area contributed by atoms with Gasteiger partial charge in [0.15, 0.2) is 5.22 Å². The molecule has 0 aliphatic carbocycles. The fourth-order valence-corrected chi connectivity index (χ4v) is 2.50. The number of rotatable bonds is 4. The zero-order valence-electron chi connectivity index (χ0n) is 12.8. The SMILES string of the molecule is CC(C)(C)OC(=O)N1CCC(CNCc2ccc(Cl)o2)C1. The summed E-state index contributed by atoms with van der Waals surface area (Å²) in [6.45, 7) is 8.64. The lowest BCUT2D eigenvalue weighted by atomic mass is 10.1. The molecule has 1 N–H and O–H groups in total. The quantitative estimate of drug-likeness (QED) is 0.926. The van der Waals surface area contributed by atoms with E-state index in [1.807, 2.05) is 26.8 Å². The van der Waals surface area contributed by atoms with E-state index in [0.29, 0.717) is 17.7 Å². The van der Waals surface area contributed by atoms with Gasteiger partial charge >= 0.3 is 6.09 Å². The minimum absolute atomic E-state index is 0.220. The third-order valence-electron chi connectivity index (χ3n) is 3.30. The van der Waals surface area contributed by atoms with E-state index in [2.05, 4.69) is 5.32 Å². The lowest BCUT2D eigenvalue weighted by Crippen LogP contribution is -2.36. The monoisotopic (exact) mass is 314 g/mol. The van der Waals surface area contributed by atoms with Crippen LogP contribution in [0.3, 0.4) is 0 Å². The summed E-state index contributed by atoms with van der Waals surface area (Å²) >= 11 is 5.72. The summed E-state index contributed by atoms with van der Waals surface area (Å²) in [7, 11) is 0. The average molecular weight is 315 g/mol. The van der Waals surface area contributed by atoms with E-state index in [1.54, 1.807) is 11.0 Å². The van der Waals surface area contributed by atoms with Crippen molar-refractivity contribution in [2.24, 2.45) is 5.92 Å². The minimum Gasteiger partial charge on any atom is -0.448 e. The van der Waals surface area contributed by atoms with Crippen molar-refractivity contribution in [2.45, 2.75) is 39.3 Å². The van der Waals surface area contributed by atoms with Crippen LogP contribution in [-0.2, 0) is 11.3 Å². The van der Waals surface area contributed by atoms with E-state index in [1.165, 1.54) is 0 Å². The molecule has 1 fully saturated rings. The van der Waals surface area contributed by atoms with Crippen LogP contribution in [0.25, 0.3) is 0 Å². The predicted octanol–water partition coefficient (Wildman–Crippen LogP) is 3.28. The highest BCUT2D eigenvalue weighted by atomic mass is 35.5. The molecule has 1 unspecified atom stereocenters. The van der Waals surface area contributed by atoms with E-state index < -0.39 is 5.60 Å². The van der Waals surface area contributed by atoms with E-state index >= 15 is 0 Å². The van der Waals surface area contributed by atoms with E-state index in [-0.39, 0.29) is 6.09 Å². The molecule has 1 atom stereocenters. The molecule has 1 aliphatic heterocycles. The Morgan fingerprint density at radius 1 is 1.52 bits per heavy atom. The molecule has 0 radical (unpaired) electrons. The van der Waals surface area contributed by atoms with Gasteiger partial charge in [-0.3, -0.25) is 0 Å². The second-order valence-electron chi connectivity index (χ2n) is 6.42. The first-order valence-electron chi connectivity index (χ1n) is 7.26. The highest BCUT2D eigenvalue weighted by Gasteiger charge is 2.29. The fraction of sp³-hybridized carbons (Fsp3) is 0.667. The lowest BCUT2D eigenvalue weighted by Gasteiger charge is -2.24. The van der Waals surface area contributed by atoms with Gasteiger partial charge in [-0.25, -0.2) is 4.79 Å². The maximum atomic E-state index is 12.0. The number of ether oxygens (including phenoxy) is 1. The number of nitrogens with zero attached hydrogens (tertiary/aromatic N) is 1. The van der Waals surface area contributed by atoms with Gasteiger partial charge in [-0.05, 0) is 56.8 Å². The van der Waals surface area contributed by atoms with Crippen LogP contribution in [0.15, 0.2) is 16.5 Å². The molecule has 0 aromatic carbocycles. The Kier molecular flexibility index (Phi) is 5.17. The van der Waals surface area contributed by atoms with Gasteiger partial charge in [0.2, 0.25) is 0 Å². The molecule has 118 valence electrons. The number of nitrogens with one attached hydrogen (secondary N) is 1. The van der Waals surface area contributed by atoms with Crippen molar-refractivity contribution in [2.75, 3.05) is 19.6 Å². The van der Waals surface area contributed by atoms with Gasteiger partial charge < -0.3 is 19.4 Å². The van der Waals surface area contributed by atoms with Gasteiger partial charge in [0.25, 0.3) is 0 Å². The maximum absolute atomic E-state index is 12.0. The molecule has 1 aliphatic rings. The first kappa shape index (κ1) is 16.2. The summed E-state index contributed by atoms with van der Waals surface area (Å²) < 4.78 is 10.7. The van der Waals surface area contributed by atoms with Crippen molar-refractivity contribution in [1.82, 2.24) is 10.2 Å². The van der Waals surface area contributed by atoms with E-state index in [9.17, 15) is 4.79 Å². The third kappa shape index (κ3) is 5.25. The summed E-state index contributed by atoms with van der Waals surface area (Å²) in [4.78, 5) is 13.7. The van der Waals surface area contributed by atoms with Gasteiger partial charge in [0.05, 0.1) is 6.54 Å². The van der Waals surface area contributed by atoms with Crippen LogP contribution < -0.4 is 5.32 Å². The summed E-state index contributed by atoms with van der Waals surface area (Å²) in [5, 5.41) is 3.74. The normalized spacial score (nSPS) is 19.0. The Morgan fingerprint density at radius 3 is 2.90 bits per heavy atom. The molecule has 2 heterocycles. The lowest BCUT2D eigenvalue weighted by molar-refractivity contribution is 0.0288. The number of amides is 1. The van der Waals surface area contributed by atoms with E-state index in [4.69, 9.17) is 20.8 Å². The Balaban J connectivity index is 1.69. The van der Waals surface area contributed by atoms with Crippen molar-refractivity contribution in [3.05, 3.63) is 23.1 Å². The molecule has 0 spiro atoms. The molecule has 1 aromatic rings. The van der Waals surface area contributed by atoms with Gasteiger partial charge in [0.1, 0.15) is 11.4 Å². The Bertz CT molecular complexity index is 482. The van der Waals surface area contributed by atoms with Crippen LogP contribution in [0, 0.1) is 5.92 Å². The number of halogens is 1. The molecule has 1 saturated heterocycles. The van der Waals surface area contributed by atoms with Gasteiger partial charge in [-0.1, -0.05) is 0 Å². The minimum atomic E-state index is -0.439. The Labute approximate surface area is 130 Å². The van der Waals surface area contributed by atoms with Gasteiger partial charge in [0, 0.05) is 19.6 Å². The first-order valence-corrected chi connectivity index (χ1v) is 7.64. The van der Waals surface area contributed by atoms with Crippen LogP contribution in [0.5, 0.6) is 0 Å². The number of likely N-dealkylation sites (tertiary alicyclic amines) is 1. The number of carbonyl (C=O) groups is 1. The number of carbonyl (C=O) groups excluding carboxylic acids is 1. The first-order chi connectivity index (χ1) is 9.83. The summed E-state index contributed by atoms with van der Waals surface area (Å²) in [6, 6.07) is 3.59. The maximum Gasteiger partial charge on any atom is 0.410 e. The molecular weight excluding hydrogens is 292 g/mol. The molecule has 1 amide bonds. The van der Waals surface area contributed by atoms with E-state index in [0.717, 1.165) is 31.8 Å². The van der Waals surface area contributed by atoms with Gasteiger partial charge in [-0.15, -0.1) is 0 Å². The standard InChI is InChI=1S/C15H23ClN2O3/c1-15(2,3)21-14(19)18-7-6-11(10-18)8-17-9-12-4-5-13(16)20-12/h4-5,11,17H,6-10H2,1-3H3. The van der Waals surface area contributed by atoms with Crippen molar-refractivity contribution < 1.29 is 13.9 Å². The number of hydrogen-bond acceptors (Lipinski definition) is 4.